The Hall–Kier alpha value is -2.33. The molecule has 0 fully saturated rings. The minimum absolute atomic E-state index is 1.29. The summed E-state index contributed by atoms with van der Waals surface area (Å²) in [7, 11) is 8.52. The van der Waals surface area contributed by atoms with Crippen LogP contribution in [-0.4, -0.2) is 51.7 Å². The van der Waals surface area contributed by atoms with Crippen molar-refractivity contribution in [3.63, 3.8) is 0 Å². The molecule has 142 valence electrons. The first-order valence-corrected chi connectivity index (χ1v) is 16.2. The molecule has 0 spiro atoms. The van der Waals surface area contributed by atoms with Crippen LogP contribution in [0, 0.1) is 0 Å². The molecule has 0 amide bonds. The Morgan fingerprint density at radius 1 is 0.893 bits per heavy atom. The number of allylic oxidation sites excluding steroid dienone is 5. The fourth-order valence-electron chi connectivity index (χ4n) is 4.30. The van der Waals surface area contributed by atoms with Crippen LogP contribution in [0.1, 0.15) is 11.1 Å². The Kier molecular flexibility index (Phi) is 4.70. The zero-order chi connectivity index (χ0) is 20.1. The molecule has 0 unspecified atom stereocenters. The topological polar surface area (TPSA) is 6.25 Å². The molecule has 2 aliphatic rings. The van der Waals surface area contributed by atoms with Crippen molar-refractivity contribution in [3.8, 4) is 0 Å². The summed E-state index contributed by atoms with van der Waals surface area (Å²) in [6.07, 6.45) is 7.06. The van der Waals surface area contributed by atoms with Crippen molar-refractivity contribution >= 4 is 34.6 Å². The second-order valence-electron chi connectivity index (χ2n) is 8.61. The summed E-state index contributed by atoms with van der Waals surface area (Å²) in [4.78, 5) is 2.21. The van der Waals surface area contributed by atoms with E-state index < -0.39 is 13.3 Å². The van der Waals surface area contributed by atoms with E-state index in [1.807, 2.05) is 0 Å². The summed E-state index contributed by atoms with van der Waals surface area (Å²) in [5, 5.41) is 0. The van der Waals surface area contributed by atoms with E-state index in [1.165, 1.54) is 33.7 Å². The molecule has 2 nitrogen and oxygen atoms in total. The van der Waals surface area contributed by atoms with Gasteiger partial charge in [0.25, 0.3) is 0 Å². The van der Waals surface area contributed by atoms with Crippen molar-refractivity contribution in [1.82, 2.24) is 0 Å². The quantitative estimate of drug-likeness (QED) is 0.511. The first-order chi connectivity index (χ1) is 13.3. The first kappa shape index (κ1) is 19.0. The predicted molar refractivity (Wildman–Crippen MR) is 125 cm³/mol. The van der Waals surface area contributed by atoms with Crippen LogP contribution >= 0.6 is 0 Å². The number of benzene rings is 2. The molecule has 3 heteroatoms. The number of hydrogen-bond donors (Lipinski definition) is 0. The van der Waals surface area contributed by atoms with Gasteiger partial charge >= 0.3 is 172 Å². The van der Waals surface area contributed by atoms with Crippen LogP contribution in [0.2, 0.25) is 11.5 Å². The normalized spacial score (nSPS) is 17.1. The molecule has 4 rings (SSSR count). The zero-order valence-electron chi connectivity index (χ0n) is 17.7. The van der Waals surface area contributed by atoms with Gasteiger partial charge in [0, 0.05) is 0 Å². The molecular formula is C25H29GeN2+. The molecule has 0 N–H and O–H groups in total. The molecule has 2 aromatic rings. The second-order valence-corrected chi connectivity index (χ2v) is 17.7. The van der Waals surface area contributed by atoms with Crippen LogP contribution in [-0.2, 0) is 0 Å². The van der Waals surface area contributed by atoms with Gasteiger partial charge in [0.1, 0.15) is 0 Å². The van der Waals surface area contributed by atoms with Gasteiger partial charge in [-0.2, -0.15) is 0 Å². The van der Waals surface area contributed by atoms with Gasteiger partial charge in [-0.05, 0) is 0 Å². The summed E-state index contributed by atoms with van der Waals surface area (Å²) in [6.45, 7) is 0. The van der Waals surface area contributed by atoms with Crippen LogP contribution in [0.5, 0.6) is 0 Å². The van der Waals surface area contributed by atoms with Crippen molar-refractivity contribution in [3.05, 3.63) is 87.9 Å². The summed E-state index contributed by atoms with van der Waals surface area (Å²) in [5.74, 6) is 5.08. The molecular weight excluding hydrogens is 401 g/mol. The summed E-state index contributed by atoms with van der Waals surface area (Å²) in [6, 6.07) is 17.9. The number of nitrogens with zero attached hydrogens (tertiary/aromatic N) is 2. The molecule has 2 aromatic carbocycles. The zero-order valence-corrected chi connectivity index (χ0v) is 19.8. The van der Waals surface area contributed by atoms with Gasteiger partial charge in [0.15, 0.2) is 0 Å². The van der Waals surface area contributed by atoms with Crippen LogP contribution in [0.15, 0.2) is 76.7 Å². The molecule has 0 aromatic heterocycles. The van der Waals surface area contributed by atoms with Crippen molar-refractivity contribution in [2.24, 2.45) is 0 Å². The summed E-state index contributed by atoms with van der Waals surface area (Å²) >= 11 is -2.45. The third-order valence-electron chi connectivity index (χ3n) is 5.99. The standard InChI is InChI=1S/C25H29GeN2/c1-26(2)23-16-19(27(3)4)12-14-21(23)25(18-10-8-7-9-11-18)22-15-13-20(28(5)6)17-24(22)26/h7-17H,1-6H3/q+1. The Bertz CT molecular complexity index is 1060. The molecule has 0 saturated carbocycles. The minimum atomic E-state index is -2.45. The third kappa shape index (κ3) is 3.00. The van der Waals surface area contributed by atoms with E-state index in [-0.39, 0.29) is 0 Å². The molecule has 1 aliphatic carbocycles. The number of fused-ring (bicyclic) bond motifs is 2. The molecule has 0 bridgehead atoms. The maximum absolute atomic E-state index is 2.54. The summed E-state index contributed by atoms with van der Waals surface area (Å²) in [5.41, 5.74) is 8.11. The summed E-state index contributed by atoms with van der Waals surface area (Å²) < 4.78 is 5.37. The maximum atomic E-state index is 2.54. The molecule has 1 aliphatic heterocycles. The van der Waals surface area contributed by atoms with Gasteiger partial charge in [-0.1, -0.05) is 0 Å². The molecule has 0 atom stereocenters. The van der Waals surface area contributed by atoms with E-state index in [2.05, 4.69) is 116 Å². The van der Waals surface area contributed by atoms with E-state index in [1.54, 1.807) is 8.80 Å². The van der Waals surface area contributed by atoms with E-state index in [0.717, 1.165) is 0 Å². The van der Waals surface area contributed by atoms with Crippen molar-refractivity contribution in [2.75, 3.05) is 33.1 Å². The van der Waals surface area contributed by atoms with Crippen LogP contribution in [0.4, 0.5) is 5.69 Å². The number of anilines is 1. The predicted octanol–water partition coefficient (Wildman–Crippen LogP) is 4.23. The van der Waals surface area contributed by atoms with Gasteiger partial charge in [-0.3, -0.25) is 0 Å². The van der Waals surface area contributed by atoms with E-state index in [0.29, 0.717) is 0 Å². The Labute approximate surface area is 171 Å². The molecule has 0 saturated heterocycles. The van der Waals surface area contributed by atoms with E-state index in [4.69, 9.17) is 0 Å². The van der Waals surface area contributed by atoms with Crippen molar-refractivity contribution < 1.29 is 4.58 Å². The molecule has 1 heterocycles. The van der Waals surface area contributed by atoms with Crippen LogP contribution < -0.4 is 9.30 Å². The van der Waals surface area contributed by atoms with E-state index in [9.17, 15) is 0 Å². The third-order valence-corrected chi connectivity index (χ3v) is 13.4. The van der Waals surface area contributed by atoms with Crippen LogP contribution in [0.3, 0.4) is 0 Å². The monoisotopic (exact) mass is 431 g/mol. The van der Waals surface area contributed by atoms with Gasteiger partial charge in [0.2, 0.25) is 0 Å². The van der Waals surface area contributed by atoms with Gasteiger partial charge in [0.05, 0.1) is 0 Å². The second kappa shape index (κ2) is 6.93. The van der Waals surface area contributed by atoms with Crippen molar-refractivity contribution in [2.45, 2.75) is 11.5 Å². The molecule has 28 heavy (non-hydrogen) atoms. The number of hydrogen-bond acceptors (Lipinski definition) is 1. The average Bonchev–Trinajstić information content (AvgIpc) is 2.68. The van der Waals surface area contributed by atoms with E-state index >= 15 is 0 Å². The van der Waals surface area contributed by atoms with Gasteiger partial charge < -0.3 is 0 Å². The first-order valence-electron chi connectivity index (χ1n) is 9.87. The van der Waals surface area contributed by atoms with Crippen molar-refractivity contribution in [1.29, 1.82) is 0 Å². The average molecular weight is 430 g/mol. The fourth-order valence-corrected chi connectivity index (χ4v) is 10.7. The Morgan fingerprint density at radius 3 is 2.25 bits per heavy atom. The van der Waals surface area contributed by atoms with Gasteiger partial charge in [-0.15, -0.1) is 0 Å². The van der Waals surface area contributed by atoms with Crippen LogP contribution in [0.25, 0.3) is 5.57 Å². The fraction of sp³-hybridized carbons (Fsp3) is 0.240. The Balaban J connectivity index is 2.08. The number of rotatable bonds is 2. The molecule has 0 radical (unpaired) electrons. The van der Waals surface area contributed by atoms with Gasteiger partial charge in [-0.25, -0.2) is 0 Å². The Morgan fingerprint density at radius 2 is 1.61 bits per heavy atom. The SMILES string of the molecule is CN(C)c1ccc2[c](c1)[Ge]([CH3])([CH3])[C]1=CC(=[N+](C)C)C=CC1=C2c1ccccc1.